The molecule has 0 saturated heterocycles. The second-order valence-electron chi connectivity index (χ2n) is 7.96. The summed E-state index contributed by atoms with van der Waals surface area (Å²) in [6, 6.07) is 20.3. The topological polar surface area (TPSA) is 99.1 Å². The highest BCUT2D eigenvalue weighted by Gasteiger charge is 2.10. The Kier molecular flexibility index (Phi) is 9.82. The summed E-state index contributed by atoms with van der Waals surface area (Å²) in [6.07, 6.45) is 4.74. The first-order chi connectivity index (χ1) is 17.5. The van der Waals surface area contributed by atoms with Crippen molar-refractivity contribution in [1.29, 1.82) is 0 Å². The number of aromatic carboxylic acids is 1. The Bertz CT molecular complexity index is 1160. The molecule has 0 aromatic heterocycles. The molecule has 3 aromatic rings. The smallest absolute Gasteiger partial charge is 0.343 e. The van der Waals surface area contributed by atoms with Gasteiger partial charge in [-0.1, -0.05) is 30.8 Å². The standard InChI is InChI=1S/C29H28O7/c1-2-27(30)35-20-6-4-3-5-19-34-25-15-13-24(14-16-25)29(33)36-26-17-11-22(12-18-26)21-7-9-23(10-8-21)28(31)32/h2,7-18H,1,3-6,19-20H2,(H,31,32). The van der Waals surface area contributed by atoms with Crippen LogP contribution in [0.4, 0.5) is 0 Å². The van der Waals surface area contributed by atoms with Crippen LogP contribution in [0.2, 0.25) is 0 Å². The van der Waals surface area contributed by atoms with Gasteiger partial charge in [-0.25, -0.2) is 14.4 Å². The number of unbranched alkanes of at least 4 members (excludes halogenated alkanes) is 3. The van der Waals surface area contributed by atoms with E-state index in [1.54, 1.807) is 60.7 Å². The van der Waals surface area contributed by atoms with Crippen molar-refractivity contribution in [2.24, 2.45) is 0 Å². The molecule has 0 aliphatic heterocycles. The highest BCUT2D eigenvalue weighted by molar-refractivity contribution is 5.91. The number of carbonyl (C=O) groups excluding carboxylic acids is 2. The summed E-state index contributed by atoms with van der Waals surface area (Å²) >= 11 is 0. The second kappa shape index (κ2) is 13.5. The monoisotopic (exact) mass is 488 g/mol. The molecule has 0 fully saturated rings. The molecule has 36 heavy (non-hydrogen) atoms. The lowest BCUT2D eigenvalue weighted by Gasteiger charge is -2.08. The van der Waals surface area contributed by atoms with Crippen LogP contribution in [0.25, 0.3) is 11.1 Å². The minimum Gasteiger partial charge on any atom is -0.494 e. The van der Waals surface area contributed by atoms with Gasteiger partial charge < -0.3 is 19.3 Å². The van der Waals surface area contributed by atoms with Crippen molar-refractivity contribution in [3.05, 3.63) is 96.6 Å². The van der Waals surface area contributed by atoms with Gasteiger partial charge in [0.05, 0.1) is 24.3 Å². The zero-order chi connectivity index (χ0) is 25.8. The van der Waals surface area contributed by atoms with Crippen molar-refractivity contribution in [2.45, 2.75) is 25.7 Å². The maximum atomic E-state index is 12.5. The van der Waals surface area contributed by atoms with Crippen molar-refractivity contribution in [3.8, 4) is 22.6 Å². The van der Waals surface area contributed by atoms with E-state index in [1.807, 2.05) is 12.1 Å². The molecule has 0 atom stereocenters. The molecule has 186 valence electrons. The number of hydrogen-bond acceptors (Lipinski definition) is 6. The fourth-order valence-corrected chi connectivity index (χ4v) is 3.35. The lowest BCUT2D eigenvalue weighted by atomic mass is 10.0. The van der Waals surface area contributed by atoms with Crippen molar-refractivity contribution in [2.75, 3.05) is 13.2 Å². The van der Waals surface area contributed by atoms with E-state index in [-0.39, 0.29) is 5.56 Å². The molecular weight excluding hydrogens is 460 g/mol. The zero-order valence-corrected chi connectivity index (χ0v) is 19.9. The predicted molar refractivity (Wildman–Crippen MR) is 135 cm³/mol. The number of carbonyl (C=O) groups is 3. The summed E-state index contributed by atoms with van der Waals surface area (Å²) in [4.78, 5) is 34.4. The largest absolute Gasteiger partial charge is 0.494 e. The predicted octanol–water partition coefficient (Wildman–Crippen LogP) is 5.94. The van der Waals surface area contributed by atoms with Gasteiger partial charge in [0.25, 0.3) is 0 Å². The lowest BCUT2D eigenvalue weighted by molar-refractivity contribution is -0.137. The Morgan fingerprint density at radius 2 is 1.22 bits per heavy atom. The van der Waals surface area contributed by atoms with Gasteiger partial charge in [-0.3, -0.25) is 0 Å². The molecule has 0 bridgehead atoms. The molecule has 0 heterocycles. The molecule has 0 saturated carbocycles. The number of carboxylic acids is 1. The Labute approximate surface area is 209 Å². The van der Waals surface area contributed by atoms with E-state index in [9.17, 15) is 14.4 Å². The average Bonchev–Trinajstić information content (AvgIpc) is 2.90. The highest BCUT2D eigenvalue weighted by atomic mass is 16.5. The van der Waals surface area contributed by atoms with Crippen LogP contribution in [0.3, 0.4) is 0 Å². The second-order valence-corrected chi connectivity index (χ2v) is 7.96. The Balaban J connectivity index is 1.40. The van der Waals surface area contributed by atoms with E-state index in [2.05, 4.69) is 6.58 Å². The van der Waals surface area contributed by atoms with Gasteiger partial charge in [0.2, 0.25) is 0 Å². The molecule has 0 amide bonds. The molecule has 0 aliphatic carbocycles. The van der Waals surface area contributed by atoms with E-state index >= 15 is 0 Å². The minimum atomic E-state index is -0.971. The molecule has 1 N–H and O–H groups in total. The Morgan fingerprint density at radius 3 is 1.81 bits per heavy atom. The lowest BCUT2D eigenvalue weighted by Crippen LogP contribution is -2.08. The normalized spacial score (nSPS) is 10.3. The summed E-state index contributed by atoms with van der Waals surface area (Å²) in [5, 5.41) is 9.01. The van der Waals surface area contributed by atoms with Gasteiger partial charge >= 0.3 is 17.9 Å². The van der Waals surface area contributed by atoms with Crippen LogP contribution < -0.4 is 9.47 Å². The first-order valence-electron chi connectivity index (χ1n) is 11.6. The number of ether oxygens (including phenoxy) is 3. The van der Waals surface area contributed by atoms with Crippen LogP contribution in [0.1, 0.15) is 46.4 Å². The number of hydrogen-bond donors (Lipinski definition) is 1. The maximum absolute atomic E-state index is 12.5. The summed E-state index contributed by atoms with van der Waals surface area (Å²) in [6.45, 7) is 4.31. The van der Waals surface area contributed by atoms with Crippen molar-refractivity contribution < 1.29 is 33.7 Å². The van der Waals surface area contributed by atoms with Gasteiger partial charge in [0.1, 0.15) is 11.5 Å². The molecule has 7 nitrogen and oxygen atoms in total. The van der Waals surface area contributed by atoms with E-state index in [0.717, 1.165) is 42.9 Å². The van der Waals surface area contributed by atoms with Crippen LogP contribution >= 0.6 is 0 Å². The van der Waals surface area contributed by atoms with E-state index in [1.165, 1.54) is 0 Å². The molecule has 3 aromatic carbocycles. The molecule has 0 unspecified atom stereocenters. The fraction of sp³-hybridized carbons (Fsp3) is 0.207. The molecule has 0 spiro atoms. The van der Waals surface area contributed by atoms with Gasteiger partial charge in [-0.2, -0.15) is 0 Å². The molecule has 0 radical (unpaired) electrons. The van der Waals surface area contributed by atoms with Crippen molar-refractivity contribution in [3.63, 3.8) is 0 Å². The van der Waals surface area contributed by atoms with E-state index < -0.39 is 17.9 Å². The average molecular weight is 489 g/mol. The Hall–Kier alpha value is -4.39. The van der Waals surface area contributed by atoms with Crippen LogP contribution in [0.15, 0.2) is 85.5 Å². The Morgan fingerprint density at radius 1 is 0.694 bits per heavy atom. The molecule has 0 aliphatic rings. The van der Waals surface area contributed by atoms with E-state index in [4.69, 9.17) is 19.3 Å². The third-order valence-electron chi connectivity index (χ3n) is 5.34. The SMILES string of the molecule is C=CC(=O)OCCCCCCOc1ccc(C(=O)Oc2ccc(-c3ccc(C(=O)O)cc3)cc2)cc1. The quantitative estimate of drug-likeness (QED) is 0.138. The van der Waals surface area contributed by atoms with Crippen LogP contribution in [-0.4, -0.2) is 36.2 Å². The number of carboxylic acid groups (broad SMARTS) is 1. The fourth-order valence-electron chi connectivity index (χ4n) is 3.35. The van der Waals surface area contributed by atoms with Gasteiger partial charge in [0, 0.05) is 6.08 Å². The zero-order valence-electron chi connectivity index (χ0n) is 19.9. The first-order valence-corrected chi connectivity index (χ1v) is 11.6. The number of benzene rings is 3. The van der Waals surface area contributed by atoms with Crippen molar-refractivity contribution >= 4 is 17.9 Å². The summed E-state index contributed by atoms with van der Waals surface area (Å²) in [5.41, 5.74) is 2.37. The van der Waals surface area contributed by atoms with Crippen molar-refractivity contribution in [1.82, 2.24) is 0 Å². The first kappa shape index (κ1) is 26.2. The third kappa shape index (κ3) is 8.13. The molecule has 3 rings (SSSR count). The third-order valence-corrected chi connectivity index (χ3v) is 5.34. The van der Waals surface area contributed by atoms with E-state index in [0.29, 0.717) is 30.3 Å². The summed E-state index contributed by atoms with van der Waals surface area (Å²) in [7, 11) is 0. The maximum Gasteiger partial charge on any atom is 0.343 e. The number of esters is 2. The summed E-state index contributed by atoms with van der Waals surface area (Å²) < 4.78 is 16.1. The number of rotatable bonds is 13. The minimum absolute atomic E-state index is 0.224. The van der Waals surface area contributed by atoms with Crippen LogP contribution in [-0.2, 0) is 9.53 Å². The highest BCUT2D eigenvalue weighted by Crippen LogP contribution is 2.24. The van der Waals surface area contributed by atoms with Gasteiger partial charge in [-0.05, 0) is 85.3 Å². The van der Waals surface area contributed by atoms with Gasteiger partial charge in [-0.15, -0.1) is 0 Å². The molecule has 7 heteroatoms. The molecular formula is C29H28O7. The van der Waals surface area contributed by atoms with Crippen LogP contribution in [0.5, 0.6) is 11.5 Å². The van der Waals surface area contributed by atoms with Gasteiger partial charge in [0.15, 0.2) is 0 Å². The van der Waals surface area contributed by atoms with Crippen LogP contribution in [0, 0.1) is 0 Å². The summed E-state index contributed by atoms with van der Waals surface area (Å²) in [5.74, 6) is -0.765.